The third-order valence-corrected chi connectivity index (χ3v) is 1.91. The topological polar surface area (TPSA) is 56.0 Å². The maximum atomic E-state index is 13.1. The summed E-state index contributed by atoms with van der Waals surface area (Å²) in [6.07, 6.45) is 1.32. The number of non-ortho nitro benzene ring substituents is 1. The molecule has 5 heteroatoms. The van der Waals surface area contributed by atoms with Crippen LogP contribution in [0.3, 0.4) is 0 Å². The summed E-state index contributed by atoms with van der Waals surface area (Å²) in [7, 11) is 0. The molecule has 0 bridgehead atoms. The molecule has 4 nitrogen and oxygen atoms in total. The number of nitrogens with zero attached hydrogens (tertiary/aromatic N) is 2. The molecule has 70 valence electrons. The smallest absolute Gasteiger partial charge is 0.258 e. The maximum Gasteiger partial charge on any atom is 0.270 e. The molecule has 0 aliphatic carbocycles. The Hall–Kier alpha value is -2.04. The van der Waals surface area contributed by atoms with Gasteiger partial charge in [-0.2, -0.15) is 4.39 Å². The van der Waals surface area contributed by atoms with Crippen molar-refractivity contribution in [2.24, 2.45) is 0 Å². The van der Waals surface area contributed by atoms with Crippen LogP contribution >= 0.6 is 0 Å². The summed E-state index contributed by atoms with van der Waals surface area (Å²) in [5.74, 6) is -0.689. The highest BCUT2D eigenvalue weighted by molar-refractivity contribution is 5.84. The highest BCUT2D eigenvalue weighted by atomic mass is 19.1. The lowest BCUT2D eigenvalue weighted by atomic mass is 10.1. The van der Waals surface area contributed by atoms with E-state index in [4.69, 9.17) is 0 Å². The van der Waals surface area contributed by atoms with E-state index in [-0.39, 0.29) is 11.1 Å². The summed E-state index contributed by atoms with van der Waals surface area (Å²) in [6.45, 7) is 0. The molecule has 0 atom stereocenters. The van der Waals surface area contributed by atoms with Crippen LogP contribution in [0.25, 0.3) is 10.8 Å². The number of pyridine rings is 1. The minimum atomic E-state index is -0.689. The maximum absolute atomic E-state index is 13.1. The molecule has 1 aromatic heterocycles. The number of hydrogen-bond acceptors (Lipinski definition) is 3. The van der Waals surface area contributed by atoms with Crippen molar-refractivity contribution < 1.29 is 9.31 Å². The van der Waals surface area contributed by atoms with E-state index in [1.807, 2.05) is 0 Å². The van der Waals surface area contributed by atoms with Crippen molar-refractivity contribution in [1.82, 2.24) is 4.98 Å². The van der Waals surface area contributed by atoms with Gasteiger partial charge in [0, 0.05) is 23.7 Å². The van der Waals surface area contributed by atoms with Gasteiger partial charge in [0.05, 0.1) is 4.92 Å². The second-order valence-electron chi connectivity index (χ2n) is 2.76. The Morgan fingerprint density at radius 3 is 2.86 bits per heavy atom. The fraction of sp³-hybridized carbons (Fsp3) is 0. The Morgan fingerprint density at radius 1 is 1.36 bits per heavy atom. The van der Waals surface area contributed by atoms with E-state index in [0.717, 1.165) is 0 Å². The zero-order chi connectivity index (χ0) is 10.1. The normalized spacial score (nSPS) is 10.4. The molecular weight excluding hydrogens is 187 g/mol. The van der Waals surface area contributed by atoms with Crippen molar-refractivity contribution in [2.75, 3.05) is 0 Å². The van der Waals surface area contributed by atoms with Gasteiger partial charge in [0.2, 0.25) is 5.95 Å². The summed E-state index contributed by atoms with van der Waals surface area (Å²) in [5.41, 5.74) is -0.135. The van der Waals surface area contributed by atoms with Crippen LogP contribution in [0.15, 0.2) is 30.5 Å². The molecule has 2 rings (SSSR count). The summed E-state index contributed by atoms with van der Waals surface area (Å²) >= 11 is 0. The molecular formula is C9H5FN2O2. The average molecular weight is 192 g/mol. The van der Waals surface area contributed by atoms with Crippen LogP contribution in [0.4, 0.5) is 10.1 Å². The average Bonchev–Trinajstić information content (AvgIpc) is 2.18. The van der Waals surface area contributed by atoms with E-state index in [9.17, 15) is 14.5 Å². The Morgan fingerprint density at radius 2 is 2.14 bits per heavy atom. The number of benzene rings is 1. The summed E-state index contributed by atoms with van der Waals surface area (Å²) in [4.78, 5) is 13.3. The Kier molecular flexibility index (Phi) is 1.85. The molecule has 0 aliphatic rings. The summed E-state index contributed by atoms with van der Waals surface area (Å²) in [5, 5.41) is 11.2. The summed E-state index contributed by atoms with van der Waals surface area (Å²) in [6, 6.07) is 5.61. The Bertz CT molecular complexity index is 513. The number of halogens is 1. The van der Waals surface area contributed by atoms with Crippen LogP contribution in [0.2, 0.25) is 0 Å². The Balaban J connectivity index is 2.76. The zero-order valence-corrected chi connectivity index (χ0v) is 6.98. The fourth-order valence-electron chi connectivity index (χ4n) is 1.23. The van der Waals surface area contributed by atoms with E-state index < -0.39 is 10.9 Å². The minimum absolute atomic E-state index is 0.135. The van der Waals surface area contributed by atoms with Crippen molar-refractivity contribution in [3.05, 3.63) is 46.5 Å². The van der Waals surface area contributed by atoms with Gasteiger partial charge in [0.1, 0.15) is 0 Å². The first-order valence-corrected chi connectivity index (χ1v) is 3.87. The molecule has 0 radical (unpaired) electrons. The molecule has 0 fully saturated rings. The van der Waals surface area contributed by atoms with Crippen molar-refractivity contribution in [3.8, 4) is 0 Å². The first kappa shape index (κ1) is 8.55. The minimum Gasteiger partial charge on any atom is -0.258 e. The number of aromatic nitrogens is 1. The van der Waals surface area contributed by atoms with Gasteiger partial charge in [0.15, 0.2) is 0 Å². The van der Waals surface area contributed by atoms with Gasteiger partial charge in [-0.3, -0.25) is 10.1 Å². The first-order chi connectivity index (χ1) is 6.68. The lowest BCUT2D eigenvalue weighted by Crippen LogP contribution is -1.89. The van der Waals surface area contributed by atoms with Crippen molar-refractivity contribution >= 4 is 16.5 Å². The lowest BCUT2D eigenvalue weighted by molar-refractivity contribution is -0.384. The lowest BCUT2D eigenvalue weighted by Gasteiger charge is -1.97. The number of nitro benzene ring substituents is 1. The second-order valence-corrected chi connectivity index (χ2v) is 2.76. The quantitative estimate of drug-likeness (QED) is 0.395. The van der Waals surface area contributed by atoms with Crippen LogP contribution in [0.1, 0.15) is 0 Å². The molecule has 0 spiro atoms. The van der Waals surface area contributed by atoms with Crippen LogP contribution < -0.4 is 0 Å². The molecule has 14 heavy (non-hydrogen) atoms. The number of nitro groups is 1. The van der Waals surface area contributed by atoms with E-state index >= 15 is 0 Å². The third kappa shape index (κ3) is 1.28. The van der Waals surface area contributed by atoms with E-state index in [2.05, 4.69) is 4.98 Å². The molecule has 0 saturated heterocycles. The highest BCUT2D eigenvalue weighted by Gasteiger charge is 2.08. The van der Waals surface area contributed by atoms with Crippen molar-refractivity contribution in [3.63, 3.8) is 0 Å². The SMILES string of the molecule is O=[N+]([O-])c1ccc2ccnc(F)c2c1. The predicted octanol–water partition coefficient (Wildman–Crippen LogP) is 2.28. The number of hydrogen-bond donors (Lipinski definition) is 0. The van der Waals surface area contributed by atoms with E-state index in [1.165, 1.54) is 24.4 Å². The molecule has 0 saturated carbocycles. The van der Waals surface area contributed by atoms with Gasteiger partial charge in [-0.1, -0.05) is 0 Å². The van der Waals surface area contributed by atoms with E-state index in [0.29, 0.717) is 5.39 Å². The third-order valence-electron chi connectivity index (χ3n) is 1.91. The van der Waals surface area contributed by atoms with Gasteiger partial charge in [-0.25, -0.2) is 4.98 Å². The van der Waals surface area contributed by atoms with Gasteiger partial charge in [-0.15, -0.1) is 0 Å². The Labute approximate surface area is 78.2 Å². The van der Waals surface area contributed by atoms with Gasteiger partial charge in [0.25, 0.3) is 5.69 Å². The monoisotopic (exact) mass is 192 g/mol. The standard InChI is InChI=1S/C9H5FN2O2/c10-9-8-5-7(12(13)14)2-1-6(8)3-4-11-9/h1-5H. The van der Waals surface area contributed by atoms with Crippen LogP contribution in [-0.2, 0) is 0 Å². The fourth-order valence-corrected chi connectivity index (χ4v) is 1.23. The molecule has 0 amide bonds. The van der Waals surface area contributed by atoms with Gasteiger partial charge < -0.3 is 0 Å². The molecule has 0 aliphatic heterocycles. The highest BCUT2D eigenvalue weighted by Crippen LogP contribution is 2.21. The van der Waals surface area contributed by atoms with Crippen LogP contribution in [0.5, 0.6) is 0 Å². The molecule has 0 unspecified atom stereocenters. The van der Waals surface area contributed by atoms with Crippen molar-refractivity contribution in [2.45, 2.75) is 0 Å². The molecule has 1 heterocycles. The molecule has 0 N–H and O–H groups in total. The van der Waals surface area contributed by atoms with Crippen molar-refractivity contribution in [1.29, 1.82) is 0 Å². The van der Waals surface area contributed by atoms with Crippen LogP contribution in [-0.4, -0.2) is 9.91 Å². The van der Waals surface area contributed by atoms with Gasteiger partial charge in [-0.05, 0) is 17.5 Å². The molecule has 2 aromatic rings. The van der Waals surface area contributed by atoms with Crippen LogP contribution in [0, 0.1) is 16.1 Å². The molecule has 1 aromatic carbocycles. The number of rotatable bonds is 1. The first-order valence-electron chi connectivity index (χ1n) is 3.87. The second kappa shape index (κ2) is 3.02. The van der Waals surface area contributed by atoms with E-state index in [1.54, 1.807) is 6.07 Å². The largest absolute Gasteiger partial charge is 0.270 e. The predicted molar refractivity (Wildman–Crippen MR) is 48.4 cm³/mol. The summed E-state index contributed by atoms with van der Waals surface area (Å²) < 4.78 is 13.1. The van der Waals surface area contributed by atoms with Gasteiger partial charge >= 0.3 is 0 Å². The number of fused-ring (bicyclic) bond motifs is 1. The zero-order valence-electron chi connectivity index (χ0n) is 6.98.